The minimum Gasteiger partial charge on any atom is -0.375 e. The van der Waals surface area contributed by atoms with Crippen LogP contribution in [0, 0.1) is 6.92 Å². The Kier molecular flexibility index (Phi) is 4.61. The number of aromatic nitrogens is 1. The van der Waals surface area contributed by atoms with Crippen molar-refractivity contribution in [3.05, 3.63) is 5.69 Å². The van der Waals surface area contributed by atoms with E-state index in [1.165, 1.54) is 23.1 Å². The average Bonchev–Trinajstić information content (AvgIpc) is 2.43. The van der Waals surface area contributed by atoms with Crippen LogP contribution in [0.15, 0.2) is 4.21 Å². The summed E-state index contributed by atoms with van der Waals surface area (Å²) in [6.07, 6.45) is 0. The lowest BCUT2D eigenvalue weighted by Crippen LogP contribution is -2.35. The van der Waals surface area contributed by atoms with Gasteiger partial charge in [-0.15, -0.1) is 11.8 Å². The number of nitrogens with two attached hydrogens (primary N) is 1. The molecule has 1 unspecified atom stereocenters. The molecule has 0 aliphatic rings. The van der Waals surface area contributed by atoms with Gasteiger partial charge in [0, 0.05) is 6.04 Å². The standard InChI is InChI=1S/C10H17N3OS2/c1-5(2)12-8(14)7(4)15-9-6(3)13-10(11)16-9/h5,7H,1-4H3,(H2,11,13)(H,12,14). The predicted molar refractivity (Wildman–Crippen MR) is 69.9 cm³/mol. The summed E-state index contributed by atoms with van der Waals surface area (Å²) in [6, 6.07) is 0.170. The second-order valence-electron chi connectivity index (χ2n) is 3.85. The lowest BCUT2D eigenvalue weighted by Gasteiger charge is -2.13. The number of rotatable bonds is 4. The molecular weight excluding hydrogens is 242 g/mol. The number of nitrogens with zero attached hydrogens (tertiary/aromatic N) is 1. The first kappa shape index (κ1) is 13.3. The highest BCUT2D eigenvalue weighted by Gasteiger charge is 2.17. The van der Waals surface area contributed by atoms with Crippen LogP contribution in [0.5, 0.6) is 0 Å². The van der Waals surface area contributed by atoms with Gasteiger partial charge in [-0.1, -0.05) is 11.3 Å². The summed E-state index contributed by atoms with van der Waals surface area (Å²) in [5.41, 5.74) is 6.51. The number of hydrogen-bond acceptors (Lipinski definition) is 5. The number of thiazole rings is 1. The van der Waals surface area contributed by atoms with Crippen LogP contribution in [-0.4, -0.2) is 22.2 Å². The summed E-state index contributed by atoms with van der Waals surface area (Å²) in [7, 11) is 0. The first-order chi connectivity index (χ1) is 7.40. The Labute approximate surface area is 104 Å². The van der Waals surface area contributed by atoms with Crippen molar-refractivity contribution in [2.24, 2.45) is 0 Å². The highest BCUT2D eigenvalue weighted by atomic mass is 32.2. The minimum atomic E-state index is -0.124. The lowest BCUT2D eigenvalue weighted by atomic mass is 10.3. The molecule has 0 aliphatic heterocycles. The number of nitrogen functional groups attached to an aromatic ring is 1. The van der Waals surface area contributed by atoms with E-state index in [0.29, 0.717) is 5.13 Å². The fourth-order valence-corrected chi connectivity index (χ4v) is 3.29. The van der Waals surface area contributed by atoms with Crippen molar-refractivity contribution in [3.63, 3.8) is 0 Å². The van der Waals surface area contributed by atoms with Gasteiger partial charge in [-0.3, -0.25) is 4.79 Å². The third-order valence-corrected chi connectivity index (χ3v) is 4.25. The number of aryl methyl sites for hydroxylation is 1. The molecule has 1 atom stereocenters. The van der Waals surface area contributed by atoms with Crippen LogP contribution in [0.4, 0.5) is 5.13 Å². The van der Waals surface area contributed by atoms with Crippen molar-refractivity contribution in [1.82, 2.24) is 10.3 Å². The Balaban J connectivity index is 2.60. The zero-order valence-corrected chi connectivity index (χ0v) is 11.5. The third-order valence-electron chi connectivity index (χ3n) is 1.85. The van der Waals surface area contributed by atoms with Gasteiger partial charge < -0.3 is 11.1 Å². The van der Waals surface area contributed by atoms with Crippen LogP contribution in [0.2, 0.25) is 0 Å². The molecule has 0 saturated heterocycles. The van der Waals surface area contributed by atoms with E-state index < -0.39 is 0 Å². The van der Waals surface area contributed by atoms with Gasteiger partial charge in [0.15, 0.2) is 5.13 Å². The molecule has 1 rings (SSSR count). The fraction of sp³-hybridized carbons (Fsp3) is 0.600. The largest absolute Gasteiger partial charge is 0.375 e. The summed E-state index contributed by atoms with van der Waals surface area (Å²) in [6.45, 7) is 7.69. The number of thioether (sulfide) groups is 1. The maximum atomic E-state index is 11.7. The van der Waals surface area contributed by atoms with Crippen molar-refractivity contribution >= 4 is 34.1 Å². The van der Waals surface area contributed by atoms with Crippen molar-refractivity contribution < 1.29 is 4.79 Å². The van der Waals surface area contributed by atoms with E-state index in [1.54, 1.807) is 0 Å². The van der Waals surface area contributed by atoms with Gasteiger partial charge in [-0.2, -0.15) is 0 Å². The smallest absolute Gasteiger partial charge is 0.233 e. The number of carbonyl (C=O) groups is 1. The number of amides is 1. The normalized spacial score (nSPS) is 12.8. The molecular formula is C10H17N3OS2. The van der Waals surface area contributed by atoms with Crippen LogP contribution in [0.25, 0.3) is 0 Å². The van der Waals surface area contributed by atoms with E-state index in [-0.39, 0.29) is 17.2 Å². The van der Waals surface area contributed by atoms with Gasteiger partial charge in [0.25, 0.3) is 0 Å². The number of nitrogens with one attached hydrogen (secondary N) is 1. The molecule has 0 bridgehead atoms. The summed E-state index contributed by atoms with van der Waals surface area (Å²) in [5, 5.41) is 3.31. The van der Waals surface area contributed by atoms with E-state index in [9.17, 15) is 4.79 Å². The van der Waals surface area contributed by atoms with Gasteiger partial charge in [0.05, 0.1) is 15.2 Å². The molecule has 1 aromatic rings. The van der Waals surface area contributed by atoms with Crippen LogP contribution < -0.4 is 11.1 Å². The van der Waals surface area contributed by atoms with Crippen molar-refractivity contribution in [2.75, 3.05) is 5.73 Å². The molecule has 3 N–H and O–H groups in total. The molecule has 0 radical (unpaired) electrons. The molecule has 1 amide bonds. The molecule has 0 aliphatic carbocycles. The Hall–Kier alpha value is -0.750. The molecule has 0 fully saturated rings. The molecule has 0 saturated carbocycles. The van der Waals surface area contributed by atoms with Crippen LogP contribution in [0.1, 0.15) is 26.5 Å². The molecule has 16 heavy (non-hydrogen) atoms. The molecule has 4 nitrogen and oxygen atoms in total. The zero-order chi connectivity index (χ0) is 12.3. The summed E-state index contributed by atoms with van der Waals surface area (Å²) in [4.78, 5) is 15.8. The zero-order valence-electron chi connectivity index (χ0n) is 9.90. The van der Waals surface area contributed by atoms with Gasteiger partial charge in [0.1, 0.15) is 0 Å². The maximum Gasteiger partial charge on any atom is 0.233 e. The molecule has 0 spiro atoms. The summed E-state index contributed by atoms with van der Waals surface area (Å²) in [5.74, 6) is 0.0476. The van der Waals surface area contributed by atoms with Gasteiger partial charge in [-0.25, -0.2) is 4.98 Å². The van der Waals surface area contributed by atoms with Crippen LogP contribution in [0.3, 0.4) is 0 Å². The molecule has 1 aromatic heterocycles. The first-order valence-electron chi connectivity index (χ1n) is 5.10. The average molecular weight is 259 g/mol. The second kappa shape index (κ2) is 5.54. The summed E-state index contributed by atoms with van der Waals surface area (Å²) < 4.78 is 1.02. The topological polar surface area (TPSA) is 68.0 Å². The Morgan fingerprint density at radius 2 is 2.12 bits per heavy atom. The van der Waals surface area contributed by atoms with E-state index in [0.717, 1.165) is 9.90 Å². The molecule has 6 heteroatoms. The maximum absolute atomic E-state index is 11.7. The Bertz CT molecular complexity index is 376. The summed E-state index contributed by atoms with van der Waals surface area (Å²) >= 11 is 2.93. The van der Waals surface area contributed by atoms with Crippen molar-refractivity contribution in [3.8, 4) is 0 Å². The van der Waals surface area contributed by atoms with Crippen LogP contribution in [-0.2, 0) is 4.79 Å². The van der Waals surface area contributed by atoms with Crippen LogP contribution >= 0.6 is 23.1 Å². The molecule has 0 aromatic carbocycles. The molecule has 90 valence electrons. The molecule has 1 heterocycles. The SMILES string of the molecule is Cc1nc(N)sc1SC(C)C(=O)NC(C)C. The van der Waals surface area contributed by atoms with Gasteiger partial charge in [0.2, 0.25) is 5.91 Å². The fourth-order valence-electron chi connectivity index (χ4n) is 1.13. The quantitative estimate of drug-likeness (QED) is 0.812. The third kappa shape index (κ3) is 3.68. The number of anilines is 1. The van der Waals surface area contributed by atoms with E-state index in [4.69, 9.17) is 5.73 Å². The minimum absolute atomic E-state index is 0.0476. The van der Waals surface area contributed by atoms with E-state index in [2.05, 4.69) is 10.3 Å². The number of hydrogen-bond donors (Lipinski definition) is 2. The van der Waals surface area contributed by atoms with E-state index in [1.807, 2.05) is 27.7 Å². The van der Waals surface area contributed by atoms with E-state index >= 15 is 0 Å². The first-order valence-corrected chi connectivity index (χ1v) is 6.79. The van der Waals surface area contributed by atoms with Gasteiger partial charge in [-0.05, 0) is 27.7 Å². The van der Waals surface area contributed by atoms with Crippen molar-refractivity contribution in [1.29, 1.82) is 0 Å². The Morgan fingerprint density at radius 1 is 1.50 bits per heavy atom. The highest BCUT2D eigenvalue weighted by molar-refractivity contribution is 8.02. The van der Waals surface area contributed by atoms with Crippen molar-refractivity contribution in [2.45, 2.75) is 43.2 Å². The Morgan fingerprint density at radius 3 is 2.56 bits per heavy atom. The van der Waals surface area contributed by atoms with Gasteiger partial charge >= 0.3 is 0 Å². The monoisotopic (exact) mass is 259 g/mol. The lowest BCUT2D eigenvalue weighted by molar-refractivity contribution is -0.120. The highest BCUT2D eigenvalue weighted by Crippen LogP contribution is 2.33. The number of carbonyl (C=O) groups excluding carboxylic acids is 1. The predicted octanol–water partition coefficient (Wildman–Crippen LogP) is 2.04. The second-order valence-corrected chi connectivity index (χ2v) is 6.49.